The van der Waals surface area contributed by atoms with E-state index < -0.39 is 6.17 Å². The highest BCUT2D eigenvalue weighted by atomic mass is 15.3. The van der Waals surface area contributed by atoms with Gasteiger partial charge in [-0.2, -0.15) is 5.10 Å². The van der Waals surface area contributed by atoms with Crippen LogP contribution in [0.15, 0.2) is 12.5 Å². The Morgan fingerprint density at radius 3 is 2.86 bits per heavy atom. The minimum Gasteiger partial charge on any atom is -0.383 e. The summed E-state index contributed by atoms with van der Waals surface area (Å²) in [6.45, 7) is 0.403. The number of hydrogen-bond acceptors (Lipinski definition) is 6. The molecule has 0 saturated carbocycles. The van der Waals surface area contributed by atoms with E-state index in [1.807, 2.05) is 0 Å². The van der Waals surface area contributed by atoms with Gasteiger partial charge in [-0.15, -0.1) is 0 Å². The number of nitrogens with two attached hydrogens (primary N) is 3. The molecular weight excluding hydrogens is 182 g/mol. The molecule has 0 aliphatic carbocycles. The maximum atomic E-state index is 5.63. The van der Waals surface area contributed by atoms with Crippen LogP contribution in [0, 0.1) is 0 Å². The predicted molar refractivity (Wildman–Crippen MR) is 51.9 cm³/mol. The van der Waals surface area contributed by atoms with Crippen LogP contribution in [0.3, 0.4) is 0 Å². The molecule has 0 spiro atoms. The van der Waals surface area contributed by atoms with Gasteiger partial charge in [0, 0.05) is 0 Å². The van der Waals surface area contributed by atoms with Gasteiger partial charge < -0.3 is 17.2 Å². The molecule has 14 heavy (non-hydrogen) atoms. The van der Waals surface area contributed by atoms with Crippen molar-refractivity contribution < 1.29 is 0 Å². The number of hydrogen-bond donors (Lipinski definition) is 3. The van der Waals surface area contributed by atoms with Gasteiger partial charge in [0.15, 0.2) is 5.65 Å². The monoisotopic (exact) mass is 193 g/mol. The standard InChI is InChI=1S/C7H11N7/c8-5(9)2-14-7-4(1-13-14)6(10)11-3-12-7/h1,3,5H,2,8-9H2,(H2,10,11,12). The van der Waals surface area contributed by atoms with Crippen LogP contribution in [0.25, 0.3) is 11.0 Å². The van der Waals surface area contributed by atoms with E-state index in [4.69, 9.17) is 17.2 Å². The maximum Gasteiger partial charge on any atom is 0.163 e. The molecule has 0 radical (unpaired) electrons. The maximum absolute atomic E-state index is 5.63. The molecule has 0 aromatic carbocycles. The lowest BCUT2D eigenvalue weighted by Gasteiger charge is -2.05. The van der Waals surface area contributed by atoms with Gasteiger partial charge in [0.1, 0.15) is 12.1 Å². The van der Waals surface area contributed by atoms with Crippen molar-refractivity contribution in [2.24, 2.45) is 11.5 Å². The molecule has 0 bridgehead atoms. The Hall–Kier alpha value is -1.73. The molecule has 0 saturated heterocycles. The summed E-state index contributed by atoms with van der Waals surface area (Å²) in [6.07, 6.45) is 2.53. The third-order valence-electron chi connectivity index (χ3n) is 1.85. The third-order valence-corrected chi connectivity index (χ3v) is 1.85. The van der Waals surface area contributed by atoms with Crippen LogP contribution in [0.4, 0.5) is 5.82 Å². The highest BCUT2D eigenvalue weighted by Gasteiger charge is 2.08. The van der Waals surface area contributed by atoms with Crippen molar-refractivity contribution in [3.05, 3.63) is 12.5 Å². The highest BCUT2D eigenvalue weighted by molar-refractivity contribution is 5.84. The van der Waals surface area contributed by atoms with Gasteiger partial charge in [-0.1, -0.05) is 0 Å². The Bertz CT molecular complexity index is 446. The first-order chi connectivity index (χ1) is 6.68. The van der Waals surface area contributed by atoms with Crippen LogP contribution in [-0.2, 0) is 6.54 Å². The third kappa shape index (κ3) is 1.38. The van der Waals surface area contributed by atoms with Crippen molar-refractivity contribution in [3.8, 4) is 0 Å². The molecule has 6 N–H and O–H groups in total. The zero-order valence-electron chi connectivity index (χ0n) is 7.46. The second-order valence-corrected chi connectivity index (χ2v) is 2.99. The van der Waals surface area contributed by atoms with E-state index in [2.05, 4.69) is 15.1 Å². The highest BCUT2D eigenvalue weighted by Crippen LogP contribution is 2.14. The van der Waals surface area contributed by atoms with E-state index in [0.717, 1.165) is 0 Å². The molecule has 7 heteroatoms. The van der Waals surface area contributed by atoms with Crippen molar-refractivity contribution in [2.45, 2.75) is 12.7 Å². The number of rotatable bonds is 2. The van der Waals surface area contributed by atoms with Gasteiger partial charge >= 0.3 is 0 Å². The summed E-state index contributed by atoms with van der Waals surface area (Å²) >= 11 is 0. The Balaban J connectivity index is 2.52. The van der Waals surface area contributed by atoms with Crippen molar-refractivity contribution in [2.75, 3.05) is 5.73 Å². The van der Waals surface area contributed by atoms with Crippen LogP contribution in [0.5, 0.6) is 0 Å². The Morgan fingerprint density at radius 2 is 2.14 bits per heavy atom. The van der Waals surface area contributed by atoms with Crippen molar-refractivity contribution in [1.82, 2.24) is 19.7 Å². The fourth-order valence-corrected chi connectivity index (χ4v) is 1.24. The molecule has 2 rings (SSSR count). The largest absolute Gasteiger partial charge is 0.383 e. The summed E-state index contributed by atoms with van der Waals surface area (Å²) in [5.41, 5.74) is 17.2. The number of nitrogen functional groups attached to an aromatic ring is 1. The fraction of sp³-hybridized carbons (Fsp3) is 0.286. The van der Waals surface area contributed by atoms with E-state index in [1.165, 1.54) is 6.33 Å². The van der Waals surface area contributed by atoms with Crippen molar-refractivity contribution in [3.63, 3.8) is 0 Å². The average Bonchev–Trinajstić information content (AvgIpc) is 2.49. The quantitative estimate of drug-likeness (QED) is 0.507. The van der Waals surface area contributed by atoms with Gasteiger partial charge in [0.05, 0.1) is 24.3 Å². The van der Waals surface area contributed by atoms with E-state index in [1.54, 1.807) is 10.9 Å². The second-order valence-electron chi connectivity index (χ2n) is 2.99. The van der Waals surface area contributed by atoms with E-state index in [0.29, 0.717) is 23.4 Å². The molecule has 2 heterocycles. The SMILES string of the molecule is Nc1ncnc2c1cnn2CC(N)N. The Labute approximate surface area is 79.9 Å². The lowest BCUT2D eigenvalue weighted by atomic mass is 10.4. The first-order valence-electron chi connectivity index (χ1n) is 4.11. The minimum absolute atomic E-state index is 0.403. The minimum atomic E-state index is -0.464. The van der Waals surface area contributed by atoms with Crippen LogP contribution in [0.1, 0.15) is 0 Å². The van der Waals surface area contributed by atoms with Gasteiger partial charge in [-0.25, -0.2) is 14.6 Å². The average molecular weight is 193 g/mol. The van der Waals surface area contributed by atoms with Gasteiger partial charge in [-0.05, 0) is 0 Å². The van der Waals surface area contributed by atoms with Gasteiger partial charge in [0.2, 0.25) is 0 Å². The molecule has 7 nitrogen and oxygen atoms in total. The van der Waals surface area contributed by atoms with Crippen LogP contribution in [-0.4, -0.2) is 25.9 Å². The lowest BCUT2D eigenvalue weighted by molar-refractivity contribution is 0.533. The molecule has 0 aliphatic heterocycles. The summed E-state index contributed by atoms with van der Waals surface area (Å²) < 4.78 is 1.61. The molecule has 2 aromatic rings. The number of nitrogens with zero attached hydrogens (tertiary/aromatic N) is 4. The Kier molecular flexibility index (Phi) is 2.02. The zero-order valence-corrected chi connectivity index (χ0v) is 7.46. The first-order valence-corrected chi connectivity index (χ1v) is 4.11. The zero-order chi connectivity index (χ0) is 10.1. The number of anilines is 1. The molecule has 0 unspecified atom stereocenters. The molecular formula is C7H11N7. The molecule has 0 aliphatic rings. The number of aromatic nitrogens is 4. The second kappa shape index (κ2) is 3.20. The molecule has 0 atom stereocenters. The summed E-state index contributed by atoms with van der Waals surface area (Å²) in [6, 6.07) is 0. The van der Waals surface area contributed by atoms with E-state index in [-0.39, 0.29) is 0 Å². The van der Waals surface area contributed by atoms with Crippen molar-refractivity contribution >= 4 is 16.9 Å². The van der Waals surface area contributed by atoms with Crippen LogP contribution in [0.2, 0.25) is 0 Å². The van der Waals surface area contributed by atoms with Crippen molar-refractivity contribution in [1.29, 1.82) is 0 Å². The topological polar surface area (TPSA) is 122 Å². The summed E-state index contributed by atoms with van der Waals surface area (Å²) in [7, 11) is 0. The molecule has 0 amide bonds. The summed E-state index contributed by atoms with van der Waals surface area (Å²) in [5.74, 6) is 0.409. The Morgan fingerprint density at radius 1 is 1.36 bits per heavy atom. The van der Waals surface area contributed by atoms with Crippen LogP contribution < -0.4 is 17.2 Å². The molecule has 2 aromatic heterocycles. The molecule has 74 valence electrons. The number of fused-ring (bicyclic) bond motifs is 1. The predicted octanol–water partition coefficient (Wildman–Crippen LogP) is -1.35. The lowest BCUT2D eigenvalue weighted by Crippen LogP contribution is -2.35. The smallest absolute Gasteiger partial charge is 0.163 e. The molecule has 0 fully saturated rings. The van der Waals surface area contributed by atoms with Gasteiger partial charge in [0.25, 0.3) is 0 Å². The van der Waals surface area contributed by atoms with E-state index in [9.17, 15) is 0 Å². The van der Waals surface area contributed by atoms with E-state index >= 15 is 0 Å². The van der Waals surface area contributed by atoms with Crippen LogP contribution >= 0.6 is 0 Å². The first kappa shape index (κ1) is 8.85. The summed E-state index contributed by atoms with van der Waals surface area (Å²) in [5, 5.41) is 4.79. The van der Waals surface area contributed by atoms with Gasteiger partial charge in [-0.3, -0.25) is 0 Å². The fourth-order valence-electron chi connectivity index (χ4n) is 1.24. The summed E-state index contributed by atoms with van der Waals surface area (Å²) in [4.78, 5) is 7.90. The normalized spacial score (nSPS) is 11.4.